The summed E-state index contributed by atoms with van der Waals surface area (Å²) in [5.41, 5.74) is 4.83. The first kappa shape index (κ1) is 26.0. The van der Waals surface area contributed by atoms with E-state index in [0.29, 0.717) is 38.8 Å². The smallest absolute Gasteiger partial charge is 0.250 e. The topological polar surface area (TPSA) is 113 Å². The fourth-order valence-corrected chi connectivity index (χ4v) is 4.26. The minimum Gasteiger partial charge on any atom is -0.493 e. The van der Waals surface area contributed by atoms with E-state index in [-0.39, 0.29) is 11.7 Å². The normalized spacial score (nSPS) is 10.9. The largest absolute Gasteiger partial charge is 0.493 e. The molecule has 2 aromatic carbocycles. The Morgan fingerprint density at radius 3 is 2.32 bits per heavy atom. The Morgan fingerprint density at radius 1 is 1.03 bits per heavy atom. The maximum Gasteiger partial charge on any atom is 0.250 e. The minimum atomic E-state index is -0.315. The number of ether oxygens (including phenoxy) is 3. The van der Waals surface area contributed by atoms with Crippen LogP contribution in [0.1, 0.15) is 5.56 Å². The van der Waals surface area contributed by atoms with Crippen molar-refractivity contribution in [2.45, 2.75) is 5.16 Å². The molecule has 0 spiro atoms. The van der Waals surface area contributed by atoms with E-state index in [1.165, 1.54) is 39.3 Å². The van der Waals surface area contributed by atoms with E-state index in [1.54, 1.807) is 36.7 Å². The Morgan fingerprint density at radius 2 is 1.70 bits per heavy atom. The molecule has 1 N–H and O–H groups in total. The maximum atomic E-state index is 12.5. The van der Waals surface area contributed by atoms with Crippen molar-refractivity contribution in [2.24, 2.45) is 5.10 Å². The van der Waals surface area contributed by atoms with Gasteiger partial charge in [-0.15, -0.1) is 10.2 Å². The molecule has 0 atom stereocenters. The second kappa shape index (κ2) is 12.2. The molecule has 2 heterocycles. The number of carbonyl (C=O) groups is 1. The molecule has 0 aliphatic heterocycles. The molecule has 0 aliphatic rings. The van der Waals surface area contributed by atoms with Crippen molar-refractivity contribution in [1.82, 2.24) is 25.2 Å². The van der Waals surface area contributed by atoms with Crippen LogP contribution in [0.15, 0.2) is 71.2 Å². The maximum absolute atomic E-state index is 12.5. The lowest BCUT2D eigenvalue weighted by Crippen LogP contribution is -2.20. The third-order valence-electron chi connectivity index (χ3n) is 5.08. The highest BCUT2D eigenvalue weighted by molar-refractivity contribution is 7.99. The van der Waals surface area contributed by atoms with E-state index in [0.717, 1.165) is 11.3 Å². The summed E-state index contributed by atoms with van der Waals surface area (Å²) in [6, 6.07) is 14.4. The number of thioether (sulfide) groups is 1. The van der Waals surface area contributed by atoms with Gasteiger partial charge in [-0.3, -0.25) is 14.3 Å². The first-order chi connectivity index (χ1) is 18.0. The summed E-state index contributed by atoms with van der Waals surface area (Å²) in [5.74, 6) is 1.80. The molecule has 0 radical (unpaired) electrons. The van der Waals surface area contributed by atoms with E-state index < -0.39 is 0 Å². The molecule has 2 aromatic heterocycles. The summed E-state index contributed by atoms with van der Waals surface area (Å²) >= 11 is 7.30. The average molecular weight is 539 g/mol. The average Bonchev–Trinajstić information content (AvgIpc) is 3.36. The number of nitrogens with one attached hydrogen (secondary N) is 1. The van der Waals surface area contributed by atoms with Crippen LogP contribution in [0.3, 0.4) is 0 Å². The van der Waals surface area contributed by atoms with Gasteiger partial charge in [0.1, 0.15) is 0 Å². The van der Waals surface area contributed by atoms with Crippen LogP contribution in [-0.4, -0.2) is 59.0 Å². The summed E-state index contributed by atoms with van der Waals surface area (Å²) in [5, 5.41) is 13.9. The van der Waals surface area contributed by atoms with Gasteiger partial charge >= 0.3 is 0 Å². The highest BCUT2D eigenvalue weighted by Crippen LogP contribution is 2.37. The molecular weight excluding hydrogens is 516 g/mol. The number of halogens is 1. The van der Waals surface area contributed by atoms with E-state index in [2.05, 4.69) is 25.7 Å². The van der Waals surface area contributed by atoms with Crippen molar-refractivity contribution in [3.8, 4) is 34.3 Å². The van der Waals surface area contributed by atoms with Crippen molar-refractivity contribution >= 4 is 35.5 Å². The van der Waals surface area contributed by atoms with Crippen LogP contribution < -0.4 is 19.6 Å². The van der Waals surface area contributed by atoms with Crippen molar-refractivity contribution in [1.29, 1.82) is 0 Å². The van der Waals surface area contributed by atoms with Crippen LogP contribution in [0, 0.1) is 0 Å². The predicted molar refractivity (Wildman–Crippen MR) is 142 cm³/mol. The first-order valence-electron chi connectivity index (χ1n) is 10.9. The molecule has 0 saturated carbocycles. The fourth-order valence-electron chi connectivity index (χ4n) is 3.39. The third-order valence-corrected chi connectivity index (χ3v) is 6.26. The number of carbonyl (C=O) groups excluding carboxylic acids is 1. The highest BCUT2D eigenvalue weighted by atomic mass is 35.5. The van der Waals surface area contributed by atoms with Crippen molar-refractivity contribution in [3.05, 3.63) is 71.5 Å². The summed E-state index contributed by atoms with van der Waals surface area (Å²) in [6.07, 6.45) is 4.86. The van der Waals surface area contributed by atoms with Gasteiger partial charge < -0.3 is 14.2 Å². The van der Waals surface area contributed by atoms with Crippen LogP contribution >= 0.6 is 23.4 Å². The summed E-state index contributed by atoms with van der Waals surface area (Å²) < 4.78 is 17.9. The van der Waals surface area contributed by atoms with Gasteiger partial charge in [0.2, 0.25) is 5.75 Å². The van der Waals surface area contributed by atoms with E-state index in [4.69, 9.17) is 25.8 Å². The van der Waals surface area contributed by atoms with Gasteiger partial charge in [0.25, 0.3) is 5.91 Å². The van der Waals surface area contributed by atoms with Crippen LogP contribution in [0.25, 0.3) is 17.1 Å². The number of rotatable bonds is 10. The van der Waals surface area contributed by atoms with Crippen molar-refractivity contribution in [2.75, 3.05) is 27.1 Å². The minimum absolute atomic E-state index is 0.0641. The first-order valence-corrected chi connectivity index (χ1v) is 12.3. The Bertz CT molecular complexity index is 1370. The van der Waals surface area contributed by atoms with Crippen LogP contribution in [-0.2, 0) is 4.79 Å². The Hall–Kier alpha value is -4.09. The standard InChI is InChI=1S/C25H23ClN6O4S/c1-34-20-12-16(13-21(35-2)23(20)36-3)14-28-29-22(33)15-37-25-31-30-24(17-8-10-27-11-9-17)32(25)19-6-4-18(26)5-7-19/h4-14H,15H2,1-3H3,(H,29,33)/b28-14+. The van der Waals surface area contributed by atoms with Gasteiger partial charge in [-0.2, -0.15) is 5.10 Å². The van der Waals surface area contributed by atoms with Gasteiger partial charge in [-0.25, -0.2) is 5.43 Å². The predicted octanol–water partition coefficient (Wildman–Crippen LogP) is 4.25. The fraction of sp³-hybridized carbons (Fsp3) is 0.160. The number of pyridine rings is 1. The number of hydrogen-bond acceptors (Lipinski definition) is 9. The number of benzene rings is 2. The Balaban J connectivity index is 1.48. The molecule has 0 fully saturated rings. The second-order valence-corrected chi connectivity index (χ2v) is 8.77. The number of aromatic nitrogens is 4. The quantitative estimate of drug-likeness (QED) is 0.181. The zero-order valence-electron chi connectivity index (χ0n) is 20.2. The number of hydrogen-bond donors (Lipinski definition) is 1. The summed E-state index contributed by atoms with van der Waals surface area (Å²) in [4.78, 5) is 16.6. The molecule has 12 heteroatoms. The van der Waals surface area contributed by atoms with Gasteiger partial charge in [0.05, 0.1) is 33.3 Å². The molecule has 10 nitrogen and oxygen atoms in total. The molecule has 190 valence electrons. The summed E-state index contributed by atoms with van der Waals surface area (Å²) in [7, 11) is 4.58. The molecule has 1 amide bonds. The molecule has 37 heavy (non-hydrogen) atoms. The monoisotopic (exact) mass is 538 g/mol. The van der Waals surface area contributed by atoms with E-state index in [9.17, 15) is 4.79 Å². The number of amides is 1. The molecule has 0 aliphatic carbocycles. The van der Waals surface area contributed by atoms with Crippen molar-refractivity contribution in [3.63, 3.8) is 0 Å². The molecule has 0 bridgehead atoms. The Labute approximate surface area is 222 Å². The zero-order valence-corrected chi connectivity index (χ0v) is 21.8. The zero-order chi connectivity index (χ0) is 26.2. The Kier molecular flexibility index (Phi) is 8.60. The van der Waals surface area contributed by atoms with Gasteiger partial charge in [-0.05, 0) is 48.5 Å². The molecular formula is C25H23ClN6O4S. The van der Waals surface area contributed by atoms with Gasteiger partial charge in [0.15, 0.2) is 22.5 Å². The van der Waals surface area contributed by atoms with Crippen LogP contribution in [0.2, 0.25) is 5.02 Å². The molecule has 0 saturated heterocycles. The van der Waals surface area contributed by atoms with Crippen molar-refractivity contribution < 1.29 is 19.0 Å². The molecule has 0 unspecified atom stereocenters. The molecule has 4 aromatic rings. The lowest BCUT2D eigenvalue weighted by atomic mass is 10.2. The SMILES string of the molecule is COc1cc(/C=N/NC(=O)CSc2nnc(-c3ccncc3)n2-c2ccc(Cl)cc2)cc(OC)c1OC. The second-order valence-electron chi connectivity index (χ2n) is 7.39. The lowest BCUT2D eigenvalue weighted by Gasteiger charge is -2.12. The summed E-state index contributed by atoms with van der Waals surface area (Å²) in [6.45, 7) is 0. The van der Waals surface area contributed by atoms with Gasteiger partial charge in [0, 0.05) is 34.2 Å². The lowest BCUT2D eigenvalue weighted by molar-refractivity contribution is -0.118. The van der Waals surface area contributed by atoms with E-state index in [1.807, 2.05) is 28.8 Å². The van der Waals surface area contributed by atoms with E-state index >= 15 is 0 Å². The number of nitrogens with zero attached hydrogens (tertiary/aromatic N) is 5. The number of methoxy groups -OCH3 is 3. The van der Waals surface area contributed by atoms with Crippen LogP contribution in [0.4, 0.5) is 0 Å². The van der Waals surface area contributed by atoms with Gasteiger partial charge in [-0.1, -0.05) is 23.4 Å². The van der Waals surface area contributed by atoms with Crippen LogP contribution in [0.5, 0.6) is 17.2 Å². The highest BCUT2D eigenvalue weighted by Gasteiger charge is 2.17. The molecule has 4 rings (SSSR count). The third kappa shape index (κ3) is 6.19. The number of hydrazone groups is 1.